The number of carbonyl (C=O) groups excluding carboxylic acids is 2. The zero-order valence-corrected chi connectivity index (χ0v) is 14.9. The quantitative estimate of drug-likeness (QED) is 0.843. The first-order chi connectivity index (χ1) is 12.0. The number of aryl methyl sites for hydroxylation is 1. The molecule has 8 nitrogen and oxygen atoms in total. The van der Waals surface area contributed by atoms with Crippen LogP contribution in [0, 0.1) is 19.8 Å². The summed E-state index contributed by atoms with van der Waals surface area (Å²) in [5, 5.41) is 0. The van der Waals surface area contributed by atoms with Gasteiger partial charge in [-0.1, -0.05) is 0 Å². The molecule has 1 unspecified atom stereocenters. The van der Waals surface area contributed by atoms with Crippen molar-refractivity contribution in [2.45, 2.75) is 26.7 Å². The van der Waals surface area contributed by atoms with E-state index in [1.54, 1.807) is 11.2 Å². The molecule has 3 heterocycles. The summed E-state index contributed by atoms with van der Waals surface area (Å²) in [5.74, 6) is 0.967. The van der Waals surface area contributed by atoms with Crippen LogP contribution in [-0.4, -0.2) is 71.0 Å². The van der Waals surface area contributed by atoms with Crippen molar-refractivity contribution in [3.05, 3.63) is 17.6 Å². The summed E-state index contributed by atoms with van der Waals surface area (Å²) in [6, 6.07) is -0.433. The number of carbonyl (C=O) groups is 2. The second-order valence-corrected chi connectivity index (χ2v) is 6.84. The Labute approximate surface area is 148 Å². The smallest absolute Gasteiger partial charge is 0.314 e. The minimum atomic E-state index is -0.433. The lowest BCUT2D eigenvalue weighted by molar-refractivity contribution is -0.137. The molecule has 0 radical (unpaired) electrons. The molecule has 2 aliphatic rings. The van der Waals surface area contributed by atoms with E-state index in [0.717, 1.165) is 43.0 Å². The highest BCUT2D eigenvalue weighted by atomic mass is 16.2. The lowest BCUT2D eigenvalue weighted by Crippen LogP contribution is -2.53. The molecule has 1 aromatic rings. The van der Waals surface area contributed by atoms with Crippen LogP contribution in [0.4, 0.5) is 10.6 Å². The van der Waals surface area contributed by atoms with Crippen LogP contribution in [0.5, 0.6) is 0 Å². The zero-order chi connectivity index (χ0) is 18.0. The van der Waals surface area contributed by atoms with Gasteiger partial charge in [-0.2, -0.15) is 0 Å². The Bertz CT molecular complexity index is 657. The lowest BCUT2D eigenvalue weighted by Gasteiger charge is -2.39. The summed E-state index contributed by atoms with van der Waals surface area (Å²) in [5.41, 5.74) is 7.43. The van der Waals surface area contributed by atoms with E-state index in [-0.39, 0.29) is 11.8 Å². The third-order valence-corrected chi connectivity index (χ3v) is 5.28. The maximum atomic E-state index is 12.8. The molecule has 3 amide bonds. The van der Waals surface area contributed by atoms with Crippen molar-refractivity contribution in [3.8, 4) is 0 Å². The molecule has 2 aliphatic heterocycles. The van der Waals surface area contributed by atoms with E-state index in [9.17, 15) is 9.59 Å². The van der Waals surface area contributed by atoms with Crippen LogP contribution in [0.1, 0.15) is 24.1 Å². The molecular weight excluding hydrogens is 320 g/mol. The summed E-state index contributed by atoms with van der Waals surface area (Å²) in [6.07, 6.45) is 3.25. The fourth-order valence-corrected chi connectivity index (χ4v) is 3.62. The van der Waals surface area contributed by atoms with Gasteiger partial charge in [-0.3, -0.25) is 4.79 Å². The number of likely N-dealkylation sites (tertiary alicyclic amines) is 1. The van der Waals surface area contributed by atoms with Crippen LogP contribution >= 0.6 is 0 Å². The minimum Gasteiger partial charge on any atom is -0.353 e. The van der Waals surface area contributed by atoms with Gasteiger partial charge in [0.1, 0.15) is 12.1 Å². The van der Waals surface area contributed by atoms with Crippen molar-refractivity contribution < 1.29 is 9.59 Å². The normalized spacial score (nSPS) is 21.4. The van der Waals surface area contributed by atoms with E-state index in [4.69, 9.17) is 5.73 Å². The predicted molar refractivity (Wildman–Crippen MR) is 94.2 cm³/mol. The van der Waals surface area contributed by atoms with Gasteiger partial charge < -0.3 is 20.4 Å². The average Bonchev–Trinajstić information content (AvgIpc) is 2.63. The van der Waals surface area contributed by atoms with Gasteiger partial charge in [-0.25, -0.2) is 14.8 Å². The molecule has 25 heavy (non-hydrogen) atoms. The van der Waals surface area contributed by atoms with E-state index >= 15 is 0 Å². The van der Waals surface area contributed by atoms with Gasteiger partial charge in [0.2, 0.25) is 5.91 Å². The van der Waals surface area contributed by atoms with Crippen molar-refractivity contribution in [1.82, 2.24) is 19.8 Å². The summed E-state index contributed by atoms with van der Waals surface area (Å²) >= 11 is 0. The maximum Gasteiger partial charge on any atom is 0.314 e. The van der Waals surface area contributed by atoms with Crippen molar-refractivity contribution in [2.24, 2.45) is 11.7 Å². The zero-order valence-electron chi connectivity index (χ0n) is 14.9. The standard InChI is InChI=1S/C17H26N6O2/c1-12-13(2)19-11-20-15(12)21-6-8-22(9-7-21)16(24)14-4-3-5-23(10-14)17(18)25/h11,14H,3-10H2,1-2H3,(H2,18,25). The van der Waals surface area contributed by atoms with Crippen molar-refractivity contribution in [1.29, 1.82) is 0 Å². The molecule has 2 fully saturated rings. The monoisotopic (exact) mass is 346 g/mol. The average molecular weight is 346 g/mol. The number of piperidine rings is 1. The second kappa shape index (κ2) is 7.25. The third-order valence-electron chi connectivity index (χ3n) is 5.28. The number of hydrogen-bond donors (Lipinski definition) is 1. The van der Waals surface area contributed by atoms with E-state index in [0.29, 0.717) is 26.2 Å². The fourth-order valence-electron chi connectivity index (χ4n) is 3.62. The summed E-state index contributed by atoms with van der Waals surface area (Å²) < 4.78 is 0. The first-order valence-corrected chi connectivity index (χ1v) is 8.83. The number of piperazine rings is 1. The van der Waals surface area contributed by atoms with Crippen LogP contribution in [-0.2, 0) is 4.79 Å². The van der Waals surface area contributed by atoms with Crippen LogP contribution < -0.4 is 10.6 Å². The molecule has 8 heteroatoms. The van der Waals surface area contributed by atoms with Crippen molar-refractivity contribution in [2.75, 3.05) is 44.2 Å². The Morgan fingerprint density at radius 3 is 2.48 bits per heavy atom. The Kier molecular flexibility index (Phi) is 5.06. The highest BCUT2D eigenvalue weighted by Crippen LogP contribution is 2.22. The van der Waals surface area contributed by atoms with Gasteiger partial charge in [0.25, 0.3) is 0 Å². The molecule has 3 rings (SSSR count). The van der Waals surface area contributed by atoms with Gasteiger partial charge in [-0.05, 0) is 26.7 Å². The third kappa shape index (κ3) is 3.67. The van der Waals surface area contributed by atoms with Gasteiger partial charge in [0.15, 0.2) is 0 Å². The first kappa shape index (κ1) is 17.4. The molecule has 1 atom stereocenters. The number of aromatic nitrogens is 2. The maximum absolute atomic E-state index is 12.8. The van der Waals surface area contributed by atoms with Crippen molar-refractivity contribution >= 4 is 17.8 Å². The topological polar surface area (TPSA) is 95.7 Å². The van der Waals surface area contributed by atoms with Crippen LogP contribution in [0.15, 0.2) is 6.33 Å². The van der Waals surface area contributed by atoms with E-state index in [2.05, 4.69) is 14.9 Å². The summed E-state index contributed by atoms with van der Waals surface area (Å²) in [4.78, 5) is 38.5. The molecule has 0 saturated carbocycles. The van der Waals surface area contributed by atoms with Gasteiger partial charge in [0, 0.05) is 50.5 Å². The Morgan fingerprint density at radius 1 is 1.08 bits per heavy atom. The Hall–Kier alpha value is -2.38. The molecule has 0 aliphatic carbocycles. The molecule has 2 saturated heterocycles. The van der Waals surface area contributed by atoms with Crippen LogP contribution in [0.2, 0.25) is 0 Å². The molecule has 1 aromatic heterocycles. The van der Waals surface area contributed by atoms with E-state index in [1.807, 2.05) is 18.7 Å². The first-order valence-electron chi connectivity index (χ1n) is 8.83. The Morgan fingerprint density at radius 2 is 1.80 bits per heavy atom. The number of rotatable bonds is 2. The number of nitrogens with zero attached hydrogens (tertiary/aromatic N) is 5. The second-order valence-electron chi connectivity index (χ2n) is 6.84. The van der Waals surface area contributed by atoms with Gasteiger partial charge in [-0.15, -0.1) is 0 Å². The fraction of sp³-hybridized carbons (Fsp3) is 0.647. The number of hydrogen-bond acceptors (Lipinski definition) is 5. The van der Waals surface area contributed by atoms with Gasteiger partial charge in [0.05, 0.1) is 5.92 Å². The molecule has 0 bridgehead atoms. The van der Waals surface area contributed by atoms with Gasteiger partial charge >= 0.3 is 6.03 Å². The molecule has 0 spiro atoms. The van der Waals surface area contributed by atoms with Crippen LogP contribution in [0.3, 0.4) is 0 Å². The number of anilines is 1. The molecule has 0 aromatic carbocycles. The summed E-state index contributed by atoms with van der Waals surface area (Å²) in [7, 11) is 0. The Balaban J connectivity index is 1.59. The summed E-state index contributed by atoms with van der Waals surface area (Å²) in [6.45, 7) is 7.97. The minimum absolute atomic E-state index is 0.129. The SMILES string of the molecule is Cc1ncnc(N2CCN(C(=O)C3CCCN(C(N)=O)C3)CC2)c1C. The highest BCUT2D eigenvalue weighted by molar-refractivity contribution is 5.81. The highest BCUT2D eigenvalue weighted by Gasteiger charge is 2.32. The van der Waals surface area contributed by atoms with Crippen molar-refractivity contribution in [3.63, 3.8) is 0 Å². The molecular formula is C17H26N6O2. The largest absolute Gasteiger partial charge is 0.353 e. The number of nitrogens with two attached hydrogens (primary N) is 1. The number of amides is 3. The molecule has 136 valence electrons. The van der Waals surface area contributed by atoms with E-state index in [1.165, 1.54) is 0 Å². The van der Waals surface area contributed by atoms with E-state index < -0.39 is 6.03 Å². The molecule has 2 N–H and O–H groups in total. The van der Waals surface area contributed by atoms with Crippen LogP contribution in [0.25, 0.3) is 0 Å². The lowest BCUT2D eigenvalue weighted by atomic mass is 9.96. The predicted octanol–water partition coefficient (Wildman–Crippen LogP) is 0.533. The number of urea groups is 1. The number of primary amides is 1.